The highest BCUT2D eigenvalue weighted by atomic mass is 16.5. The van der Waals surface area contributed by atoms with Crippen LogP contribution in [0, 0.1) is 0 Å². The van der Waals surface area contributed by atoms with E-state index in [1.165, 1.54) is 0 Å². The molecule has 1 unspecified atom stereocenters. The molecule has 0 aromatic heterocycles. The molecule has 1 heterocycles. The molecule has 1 aromatic carbocycles. The Hall–Kier alpha value is -1.75. The number of hydrogen-bond donors (Lipinski definition) is 1. The summed E-state index contributed by atoms with van der Waals surface area (Å²) in [7, 11) is 1.62. The molecule has 116 valence electrons. The summed E-state index contributed by atoms with van der Waals surface area (Å²) in [6.07, 6.45) is 2.13. The van der Waals surface area contributed by atoms with Crippen molar-refractivity contribution in [2.45, 2.75) is 31.7 Å². The lowest BCUT2D eigenvalue weighted by molar-refractivity contribution is -0.149. The molecule has 1 N–H and O–H groups in total. The molecular weight excluding hydrogens is 270 g/mol. The molecule has 5 heteroatoms. The van der Waals surface area contributed by atoms with E-state index in [4.69, 9.17) is 14.2 Å². The van der Waals surface area contributed by atoms with Gasteiger partial charge in [-0.25, -0.2) is 4.79 Å². The Morgan fingerprint density at radius 1 is 1.38 bits per heavy atom. The van der Waals surface area contributed by atoms with Gasteiger partial charge < -0.3 is 19.5 Å². The van der Waals surface area contributed by atoms with Crippen molar-refractivity contribution in [2.24, 2.45) is 0 Å². The van der Waals surface area contributed by atoms with E-state index in [-0.39, 0.29) is 5.97 Å². The largest absolute Gasteiger partial charge is 0.497 e. The van der Waals surface area contributed by atoms with Gasteiger partial charge in [0.15, 0.2) is 0 Å². The van der Waals surface area contributed by atoms with E-state index >= 15 is 0 Å². The molecule has 0 spiro atoms. The standard InChI is InChI=1S/C16H23NO4/c1-3-21-15(18)16(8-5-10-20-11-9-16)17-13-6-4-7-14(12-13)19-2/h4,6-7,12,17H,3,5,8-11H2,1-2H3. The van der Waals surface area contributed by atoms with Crippen molar-refractivity contribution in [1.29, 1.82) is 0 Å². The summed E-state index contributed by atoms with van der Waals surface area (Å²) in [6.45, 7) is 3.43. The van der Waals surface area contributed by atoms with Crippen LogP contribution in [0.15, 0.2) is 24.3 Å². The van der Waals surface area contributed by atoms with Crippen LogP contribution in [0.4, 0.5) is 5.69 Å². The van der Waals surface area contributed by atoms with Crippen LogP contribution in [0.3, 0.4) is 0 Å². The predicted octanol–water partition coefficient (Wildman–Crippen LogP) is 2.61. The smallest absolute Gasteiger partial charge is 0.331 e. The first kappa shape index (κ1) is 15.6. The third-order valence-corrected chi connectivity index (χ3v) is 3.68. The zero-order valence-corrected chi connectivity index (χ0v) is 12.7. The minimum absolute atomic E-state index is 0.210. The van der Waals surface area contributed by atoms with Crippen LogP contribution in [-0.2, 0) is 14.3 Å². The van der Waals surface area contributed by atoms with Gasteiger partial charge in [-0.3, -0.25) is 0 Å². The first-order valence-corrected chi connectivity index (χ1v) is 7.37. The average Bonchev–Trinajstić information content (AvgIpc) is 2.74. The van der Waals surface area contributed by atoms with E-state index in [0.29, 0.717) is 32.7 Å². The molecule has 1 aromatic rings. The first-order valence-electron chi connectivity index (χ1n) is 7.37. The Morgan fingerprint density at radius 2 is 2.24 bits per heavy atom. The second-order valence-corrected chi connectivity index (χ2v) is 5.13. The number of hydrogen-bond acceptors (Lipinski definition) is 5. The van der Waals surface area contributed by atoms with Crippen LogP contribution in [0.5, 0.6) is 5.75 Å². The topological polar surface area (TPSA) is 56.8 Å². The number of methoxy groups -OCH3 is 1. The minimum atomic E-state index is -0.723. The van der Waals surface area contributed by atoms with Gasteiger partial charge in [0.05, 0.1) is 13.7 Å². The predicted molar refractivity (Wildman–Crippen MR) is 80.7 cm³/mol. The quantitative estimate of drug-likeness (QED) is 0.846. The van der Waals surface area contributed by atoms with Crippen LogP contribution < -0.4 is 10.1 Å². The van der Waals surface area contributed by atoms with Gasteiger partial charge >= 0.3 is 5.97 Å². The lowest BCUT2D eigenvalue weighted by Crippen LogP contribution is -2.47. The highest BCUT2D eigenvalue weighted by Gasteiger charge is 2.40. The average molecular weight is 293 g/mol. The molecule has 5 nitrogen and oxygen atoms in total. The normalized spacial score (nSPS) is 22.2. The van der Waals surface area contributed by atoms with Gasteiger partial charge in [-0.15, -0.1) is 0 Å². The molecule has 0 bridgehead atoms. The number of carbonyl (C=O) groups is 1. The Labute approximate surface area is 125 Å². The monoisotopic (exact) mass is 293 g/mol. The zero-order valence-electron chi connectivity index (χ0n) is 12.7. The number of carbonyl (C=O) groups excluding carboxylic acids is 1. The van der Waals surface area contributed by atoms with E-state index in [0.717, 1.165) is 17.9 Å². The SMILES string of the molecule is CCOC(=O)C1(Nc2cccc(OC)c2)CCCOCC1. The number of esters is 1. The fraction of sp³-hybridized carbons (Fsp3) is 0.562. The Bertz CT molecular complexity index is 467. The van der Waals surface area contributed by atoms with Crippen LogP contribution in [0.25, 0.3) is 0 Å². The lowest BCUT2D eigenvalue weighted by atomic mass is 9.90. The molecule has 0 saturated carbocycles. The van der Waals surface area contributed by atoms with Crippen molar-refractivity contribution < 1.29 is 19.0 Å². The zero-order chi connectivity index (χ0) is 15.1. The molecule has 1 aliphatic heterocycles. The highest BCUT2D eigenvalue weighted by molar-refractivity contribution is 5.84. The second-order valence-electron chi connectivity index (χ2n) is 5.13. The van der Waals surface area contributed by atoms with Crippen molar-refractivity contribution in [1.82, 2.24) is 0 Å². The fourth-order valence-electron chi connectivity index (χ4n) is 2.58. The van der Waals surface area contributed by atoms with Crippen LogP contribution in [0.1, 0.15) is 26.2 Å². The number of benzene rings is 1. The molecule has 2 rings (SSSR count). The van der Waals surface area contributed by atoms with Crippen molar-refractivity contribution in [3.8, 4) is 5.75 Å². The van der Waals surface area contributed by atoms with E-state index in [2.05, 4.69) is 5.32 Å². The number of ether oxygens (including phenoxy) is 3. The molecule has 0 aliphatic carbocycles. The molecular formula is C16H23NO4. The Kier molecular flexibility index (Phi) is 5.44. The maximum Gasteiger partial charge on any atom is 0.331 e. The Balaban J connectivity index is 2.23. The highest BCUT2D eigenvalue weighted by Crippen LogP contribution is 2.29. The van der Waals surface area contributed by atoms with Crippen LogP contribution >= 0.6 is 0 Å². The summed E-state index contributed by atoms with van der Waals surface area (Å²) < 4.78 is 16.0. The van der Waals surface area contributed by atoms with Crippen LogP contribution in [-0.4, -0.2) is 38.4 Å². The molecule has 0 amide bonds. The van der Waals surface area contributed by atoms with Gasteiger partial charge in [-0.05, 0) is 31.9 Å². The van der Waals surface area contributed by atoms with Gasteiger partial charge in [0.2, 0.25) is 0 Å². The van der Waals surface area contributed by atoms with E-state index in [1.54, 1.807) is 7.11 Å². The summed E-state index contributed by atoms with van der Waals surface area (Å²) >= 11 is 0. The van der Waals surface area contributed by atoms with Gasteiger partial charge in [0.1, 0.15) is 11.3 Å². The third kappa shape index (κ3) is 3.88. The molecule has 1 saturated heterocycles. The summed E-state index contributed by atoms with van der Waals surface area (Å²) in [5, 5.41) is 3.36. The van der Waals surface area contributed by atoms with E-state index in [9.17, 15) is 4.79 Å². The van der Waals surface area contributed by atoms with Gasteiger partial charge in [-0.2, -0.15) is 0 Å². The molecule has 0 radical (unpaired) electrons. The third-order valence-electron chi connectivity index (χ3n) is 3.68. The molecule has 21 heavy (non-hydrogen) atoms. The first-order chi connectivity index (χ1) is 10.2. The van der Waals surface area contributed by atoms with E-state index in [1.807, 2.05) is 31.2 Å². The summed E-state index contributed by atoms with van der Waals surface area (Å²) in [5.74, 6) is 0.544. The molecule has 1 atom stereocenters. The van der Waals surface area contributed by atoms with Crippen molar-refractivity contribution in [3.63, 3.8) is 0 Å². The lowest BCUT2D eigenvalue weighted by Gasteiger charge is -2.32. The summed E-state index contributed by atoms with van der Waals surface area (Å²) in [6, 6.07) is 7.58. The van der Waals surface area contributed by atoms with Crippen molar-refractivity contribution in [2.75, 3.05) is 32.2 Å². The second kappa shape index (κ2) is 7.31. The van der Waals surface area contributed by atoms with Gasteiger partial charge in [0, 0.05) is 31.4 Å². The fourth-order valence-corrected chi connectivity index (χ4v) is 2.58. The van der Waals surface area contributed by atoms with Crippen LogP contribution in [0.2, 0.25) is 0 Å². The molecule has 1 fully saturated rings. The minimum Gasteiger partial charge on any atom is -0.497 e. The van der Waals surface area contributed by atoms with Crippen molar-refractivity contribution >= 4 is 11.7 Å². The summed E-state index contributed by atoms with van der Waals surface area (Å²) in [5.41, 5.74) is 0.128. The van der Waals surface area contributed by atoms with Crippen molar-refractivity contribution in [3.05, 3.63) is 24.3 Å². The van der Waals surface area contributed by atoms with Gasteiger partial charge in [0.25, 0.3) is 0 Å². The maximum absolute atomic E-state index is 12.5. The van der Waals surface area contributed by atoms with E-state index < -0.39 is 5.54 Å². The maximum atomic E-state index is 12.5. The number of nitrogens with one attached hydrogen (secondary N) is 1. The Morgan fingerprint density at radius 3 is 3.00 bits per heavy atom. The number of anilines is 1. The number of rotatable bonds is 5. The molecule has 1 aliphatic rings. The summed E-state index contributed by atoms with van der Waals surface area (Å²) in [4.78, 5) is 12.5. The van der Waals surface area contributed by atoms with Gasteiger partial charge in [-0.1, -0.05) is 6.07 Å².